The fourth-order valence-electron chi connectivity index (χ4n) is 2.98. The second-order valence-corrected chi connectivity index (χ2v) is 7.46. The molecule has 2 saturated heterocycles. The molecule has 0 aromatic carbocycles. The summed E-state index contributed by atoms with van der Waals surface area (Å²) < 4.78 is 0. The predicted octanol–water partition coefficient (Wildman–Crippen LogP) is 0.263. The summed E-state index contributed by atoms with van der Waals surface area (Å²) in [5, 5.41) is 14.8. The second kappa shape index (κ2) is 9.97. The van der Waals surface area contributed by atoms with E-state index >= 15 is 0 Å². The Morgan fingerprint density at radius 3 is 2.78 bits per heavy atom. The highest BCUT2D eigenvalue weighted by Crippen LogP contribution is 2.33. The molecule has 3 rings (SSSR count). The van der Waals surface area contributed by atoms with Crippen LogP contribution in [0.15, 0.2) is 18.5 Å². The number of hydrazine groups is 1. The Morgan fingerprint density at radius 2 is 2.15 bits per heavy atom. The number of fused-ring (bicyclic) bond motifs is 1. The molecule has 3 atom stereocenters. The van der Waals surface area contributed by atoms with Crippen LogP contribution in [0.25, 0.3) is 0 Å². The molecule has 0 radical (unpaired) electrons. The van der Waals surface area contributed by atoms with E-state index in [1.165, 1.54) is 12.4 Å². The van der Waals surface area contributed by atoms with Crippen LogP contribution in [0.4, 0.5) is 10.5 Å². The van der Waals surface area contributed by atoms with Crippen molar-refractivity contribution in [2.24, 2.45) is 11.6 Å². The lowest BCUT2D eigenvalue weighted by Gasteiger charge is -2.16. The number of hydrogen-bond donors (Lipinski definition) is 6. The number of carboxylic acid groups (broad SMARTS) is 1. The van der Waals surface area contributed by atoms with E-state index in [4.69, 9.17) is 16.7 Å². The third-order valence-electron chi connectivity index (χ3n) is 4.31. The molecule has 0 unspecified atom stereocenters. The number of nitrogens with zero attached hydrogens (tertiary/aromatic N) is 1. The first-order valence-electron chi connectivity index (χ1n) is 8.53. The minimum atomic E-state index is -0.729. The first-order valence-corrected chi connectivity index (χ1v) is 9.58. The topological polar surface area (TPSA) is 172 Å². The number of primary amides is 1. The van der Waals surface area contributed by atoms with Gasteiger partial charge in [0.1, 0.15) is 0 Å². The average Bonchev–Trinajstić information content (AvgIpc) is 3.18. The Kier molecular flexibility index (Phi) is 7.67. The summed E-state index contributed by atoms with van der Waals surface area (Å²) in [6.45, 7) is 0. The number of rotatable bonds is 7. The third kappa shape index (κ3) is 6.00. The van der Waals surface area contributed by atoms with Gasteiger partial charge in [-0.3, -0.25) is 20.4 Å². The number of nitrogen functional groups attached to an aromatic ring is 1. The van der Waals surface area contributed by atoms with Gasteiger partial charge in [-0.25, -0.2) is 4.79 Å². The zero-order chi connectivity index (χ0) is 19.8. The van der Waals surface area contributed by atoms with Crippen LogP contribution in [-0.4, -0.2) is 51.1 Å². The number of carboxylic acids is 1. The summed E-state index contributed by atoms with van der Waals surface area (Å²) in [7, 11) is 0. The van der Waals surface area contributed by atoms with Crippen molar-refractivity contribution in [1.29, 1.82) is 0 Å². The molecule has 8 N–H and O–H groups in total. The Morgan fingerprint density at radius 1 is 1.37 bits per heavy atom. The molecule has 10 nitrogen and oxygen atoms in total. The van der Waals surface area contributed by atoms with Crippen molar-refractivity contribution in [2.45, 2.75) is 43.0 Å². The number of carbonyl (C=O) groups is 3. The lowest BCUT2D eigenvalue weighted by Crippen LogP contribution is -2.36. The van der Waals surface area contributed by atoms with Crippen LogP contribution < -0.4 is 27.6 Å². The van der Waals surface area contributed by atoms with Gasteiger partial charge in [-0.15, -0.1) is 0 Å². The molecule has 27 heavy (non-hydrogen) atoms. The maximum atomic E-state index is 11.1. The number of anilines is 1. The highest BCUT2D eigenvalue weighted by atomic mass is 32.2. The van der Waals surface area contributed by atoms with E-state index < -0.39 is 11.9 Å². The largest absolute Gasteiger partial charge is 0.481 e. The van der Waals surface area contributed by atoms with E-state index in [2.05, 4.69) is 21.0 Å². The molecule has 0 saturated carbocycles. The quantitative estimate of drug-likeness (QED) is 0.165. The molecule has 1 aromatic heterocycles. The zero-order valence-corrected chi connectivity index (χ0v) is 15.5. The van der Waals surface area contributed by atoms with Crippen LogP contribution in [0.1, 0.15) is 36.0 Å². The van der Waals surface area contributed by atoms with Crippen molar-refractivity contribution in [1.82, 2.24) is 15.6 Å². The van der Waals surface area contributed by atoms with Gasteiger partial charge < -0.3 is 26.9 Å². The summed E-state index contributed by atoms with van der Waals surface area (Å²) >= 11 is 1.87. The number of unbranched alkanes of at least 4 members (excludes halogenated alkanes) is 1. The van der Waals surface area contributed by atoms with Crippen LogP contribution in [0, 0.1) is 0 Å². The molecule has 11 heteroatoms. The maximum absolute atomic E-state index is 11.1. The molecule has 2 fully saturated rings. The second-order valence-electron chi connectivity index (χ2n) is 6.19. The van der Waals surface area contributed by atoms with Crippen molar-refractivity contribution < 1.29 is 19.5 Å². The molecule has 3 amide bonds. The molecule has 2 aliphatic heterocycles. The van der Waals surface area contributed by atoms with E-state index in [-0.39, 0.29) is 30.1 Å². The van der Waals surface area contributed by atoms with Crippen molar-refractivity contribution in [3.8, 4) is 0 Å². The molecule has 0 aliphatic carbocycles. The third-order valence-corrected chi connectivity index (χ3v) is 5.82. The Balaban J connectivity index is 0.000000208. The van der Waals surface area contributed by atoms with E-state index in [1.807, 2.05) is 11.8 Å². The van der Waals surface area contributed by atoms with Gasteiger partial charge >= 0.3 is 12.0 Å². The predicted molar refractivity (Wildman–Crippen MR) is 102 cm³/mol. The molecular weight excluding hydrogens is 372 g/mol. The molecule has 0 spiro atoms. The fourth-order valence-corrected chi connectivity index (χ4v) is 4.53. The van der Waals surface area contributed by atoms with Crippen LogP contribution >= 0.6 is 11.8 Å². The van der Waals surface area contributed by atoms with Gasteiger partial charge in [-0.05, 0) is 18.9 Å². The molecule has 2 aliphatic rings. The number of thioether (sulfide) groups is 1. The summed E-state index contributed by atoms with van der Waals surface area (Å²) in [6.07, 6.45) is 5.75. The van der Waals surface area contributed by atoms with E-state index in [0.717, 1.165) is 25.0 Å². The number of aliphatic carboxylic acids is 1. The monoisotopic (exact) mass is 396 g/mol. The van der Waals surface area contributed by atoms with Gasteiger partial charge in [0.05, 0.1) is 23.3 Å². The summed E-state index contributed by atoms with van der Waals surface area (Å²) in [5.41, 5.74) is 8.12. The highest BCUT2D eigenvalue weighted by Gasteiger charge is 2.42. The number of amides is 3. The maximum Gasteiger partial charge on any atom is 0.315 e. The molecule has 0 bridgehead atoms. The van der Waals surface area contributed by atoms with E-state index in [0.29, 0.717) is 10.9 Å². The van der Waals surface area contributed by atoms with Gasteiger partial charge in [0.15, 0.2) is 0 Å². The number of nitrogens with two attached hydrogens (primary N) is 2. The first kappa shape index (κ1) is 20.8. The van der Waals surface area contributed by atoms with Gasteiger partial charge in [0.25, 0.3) is 5.91 Å². The standard InChI is InChI=1S/C10H16N2O3S.C6H8N4O/c13-8(14)4-2-1-3-7-9-6(5-16-7)11-10(15)12-9;7-6(11)4-3-9-2-1-5(4)10-8/h6-7,9H,1-5H2,(H,13,14)(H2,11,12,15);1-3H,8H2,(H2,7,11)(H,9,10)/t6-,7-,9-;/m0./s1. The molecular formula is C16H24N6O4S. The normalized spacial score (nSPS) is 22.7. The highest BCUT2D eigenvalue weighted by molar-refractivity contribution is 8.00. The Labute approximate surface area is 160 Å². The van der Waals surface area contributed by atoms with Crippen molar-refractivity contribution in [2.75, 3.05) is 11.2 Å². The summed E-state index contributed by atoms with van der Waals surface area (Å²) in [5.74, 6) is 4.79. The van der Waals surface area contributed by atoms with E-state index in [1.54, 1.807) is 6.07 Å². The van der Waals surface area contributed by atoms with E-state index in [9.17, 15) is 14.4 Å². The molecule has 3 heterocycles. The Bertz CT molecular complexity index is 689. The van der Waals surface area contributed by atoms with Crippen LogP contribution in [0.5, 0.6) is 0 Å². The Hall–Kier alpha value is -2.53. The van der Waals surface area contributed by atoms with Crippen molar-refractivity contribution >= 4 is 35.4 Å². The zero-order valence-electron chi connectivity index (χ0n) is 14.7. The molecule has 1 aromatic rings. The van der Waals surface area contributed by atoms with Crippen molar-refractivity contribution in [3.63, 3.8) is 0 Å². The molecule has 148 valence electrons. The lowest BCUT2D eigenvalue weighted by molar-refractivity contribution is -0.137. The number of hydrogen-bond acceptors (Lipinski definition) is 7. The number of nitrogens with one attached hydrogen (secondary N) is 3. The summed E-state index contributed by atoms with van der Waals surface area (Å²) in [4.78, 5) is 35.8. The summed E-state index contributed by atoms with van der Waals surface area (Å²) in [6, 6.07) is 2.01. The van der Waals surface area contributed by atoms with Gasteiger partial charge in [0, 0.05) is 29.8 Å². The number of pyridine rings is 1. The minimum absolute atomic E-state index is 0.0640. The number of aromatic nitrogens is 1. The van der Waals surface area contributed by atoms with Gasteiger partial charge in [-0.2, -0.15) is 11.8 Å². The first-order chi connectivity index (χ1) is 12.9. The average molecular weight is 396 g/mol. The van der Waals surface area contributed by atoms with Crippen LogP contribution in [0.2, 0.25) is 0 Å². The smallest absolute Gasteiger partial charge is 0.315 e. The lowest BCUT2D eigenvalue weighted by atomic mass is 10.0. The number of urea groups is 1. The number of carbonyl (C=O) groups excluding carboxylic acids is 2. The van der Waals surface area contributed by atoms with Gasteiger partial charge in [0.2, 0.25) is 0 Å². The SMILES string of the molecule is NNc1ccncc1C(N)=O.O=C(O)CCCC[C@@H]1SC[C@@H]2NC(=O)N[C@@H]21. The van der Waals surface area contributed by atoms with Crippen LogP contribution in [-0.2, 0) is 4.79 Å². The fraction of sp³-hybridized carbons (Fsp3) is 0.500. The van der Waals surface area contributed by atoms with Crippen molar-refractivity contribution in [3.05, 3.63) is 24.0 Å². The van der Waals surface area contributed by atoms with Crippen LogP contribution in [0.3, 0.4) is 0 Å². The minimum Gasteiger partial charge on any atom is -0.481 e. The van der Waals surface area contributed by atoms with Gasteiger partial charge in [-0.1, -0.05) is 6.42 Å².